The maximum Gasteiger partial charge on any atom is 0.0635 e. The molecule has 15 heavy (non-hydrogen) atoms. The Bertz CT molecular complexity index is 327. The van der Waals surface area contributed by atoms with Crippen molar-refractivity contribution in [2.75, 3.05) is 18.1 Å². The molecule has 0 spiro atoms. The van der Waals surface area contributed by atoms with Crippen LogP contribution in [0.5, 0.6) is 0 Å². The molecule has 0 aliphatic carbocycles. The number of hydrogen-bond acceptors (Lipinski definition) is 3. The first-order valence-corrected chi connectivity index (χ1v) is 5.61. The van der Waals surface area contributed by atoms with E-state index in [0.29, 0.717) is 6.04 Å². The molecule has 1 aliphatic heterocycles. The molecule has 2 heterocycles. The van der Waals surface area contributed by atoms with Crippen LogP contribution in [0.2, 0.25) is 0 Å². The first-order valence-electron chi connectivity index (χ1n) is 5.61. The van der Waals surface area contributed by atoms with Gasteiger partial charge in [0, 0.05) is 24.1 Å². The zero-order valence-corrected chi connectivity index (χ0v) is 9.19. The van der Waals surface area contributed by atoms with Crippen LogP contribution >= 0.6 is 0 Å². The second-order valence-electron chi connectivity index (χ2n) is 4.18. The predicted octanol–water partition coefficient (Wildman–Crippen LogP) is 1.74. The van der Waals surface area contributed by atoms with Crippen LogP contribution in [0.3, 0.4) is 0 Å². The molecule has 0 bridgehead atoms. The van der Waals surface area contributed by atoms with Crippen LogP contribution in [0.25, 0.3) is 0 Å². The van der Waals surface area contributed by atoms with Gasteiger partial charge < -0.3 is 10.0 Å². The molecule has 1 aromatic heterocycles. The highest BCUT2D eigenvalue weighted by atomic mass is 16.3. The number of aryl methyl sites for hydroxylation is 1. The van der Waals surface area contributed by atoms with Crippen molar-refractivity contribution >= 4 is 5.69 Å². The Morgan fingerprint density at radius 2 is 2.40 bits per heavy atom. The minimum absolute atomic E-state index is 0.251. The Morgan fingerprint density at radius 1 is 1.53 bits per heavy atom. The van der Waals surface area contributed by atoms with Crippen molar-refractivity contribution in [3.63, 3.8) is 0 Å². The molecule has 0 amide bonds. The van der Waals surface area contributed by atoms with Crippen molar-refractivity contribution in [2.24, 2.45) is 0 Å². The topological polar surface area (TPSA) is 36.4 Å². The van der Waals surface area contributed by atoms with Crippen molar-refractivity contribution in [3.8, 4) is 0 Å². The first-order chi connectivity index (χ1) is 7.31. The van der Waals surface area contributed by atoms with Crippen molar-refractivity contribution in [1.29, 1.82) is 0 Å². The predicted molar refractivity (Wildman–Crippen MR) is 61.0 cm³/mol. The lowest BCUT2D eigenvalue weighted by molar-refractivity contribution is 0.240. The summed E-state index contributed by atoms with van der Waals surface area (Å²) in [5.74, 6) is 0. The number of aliphatic hydroxyl groups excluding tert-OH is 1. The Hall–Kier alpha value is -1.09. The molecular formula is C12H18N2O. The fraction of sp³-hybridized carbons (Fsp3) is 0.583. The Morgan fingerprint density at radius 3 is 3.13 bits per heavy atom. The number of pyridine rings is 1. The third kappa shape index (κ3) is 2.29. The quantitative estimate of drug-likeness (QED) is 0.800. The van der Waals surface area contributed by atoms with Crippen molar-refractivity contribution in [1.82, 2.24) is 4.98 Å². The van der Waals surface area contributed by atoms with E-state index in [1.165, 1.54) is 18.5 Å². The summed E-state index contributed by atoms with van der Waals surface area (Å²) in [6.07, 6.45) is 5.38. The standard InChI is InChI=1S/C12H18N2O/c1-10-8-11(5-6-13-10)14-7-3-2-4-12(14)9-15/h5-6,8,12,15H,2-4,7,9H2,1H3. The number of anilines is 1. The number of nitrogens with zero attached hydrogens (tertiary/aromatic N) is 2. The minimum Gasteiger partial charge on any atom is -0.394 e. The molecule has 0 aromatic carbocycles. The van der Waals surface area contributed by atoms with E-state index in [1.807, 2.05) is 19.2 Å². The van der Waals surface area contributed by atoms with Gasteiger partial charge in [0.15, 0.2) is 0 Å². The summed E-state index contributed by atoms with van der Waals surface area (Å²) in [7, 11) is 0. The van der Waals surface area contributed by atoms with Crippen molar-refractivity contribution in [2.45, 2.75) is 32.2 Å². The minimum atomic E-state index is 0.251. The average Bonchev–Trinajstić information content (AvgIpc) is 2.29. The number of aliphatic hydroxyl groups is 1. The van der Waals surface area contributed by atoms with Gasteiger partial charge in [0.05, 0.1) is 12.6 Å². The van der Waals surface area contributed by atoms with E-state index in [1.54, 1.807) is 0 Å². The second kappa shape index (κ2) is 4.62. The molecule has 0 saturated carbocycles. The molecule has 1 atom stereocenters. The highest BCUT2D eigenvalue weighted by Crippen LogP contribution is 2.24. The van der Waals surface area contributed by atoms with Crippen LogP contribution in [-0.4, -0.2) is 29.3 Å². The molecule has 1 N–H and O–H groups in total. The summed E-state index contributed by atoms with van der Waals surface area (Å²) >= 11 is 0. The maximum atomic E-state index is 9.33. The summed E-state index contributed by atoms with van der Waals surface area (Å²) in [6, 6.07) is 4.41. The summed E-state index contributed by atoms with van der Waals surface area (Å²) in [5, 5.41) is 9.33. The molecule has 3 heteroatoms. The monoisotopic (exact) mass is 206 g/mol. The van der Waals surface area contributed by atoms with Crippen LogP contribution < -0.4 is 4.90 Å². The summed E-state index contributed by atoms with van der Waals surface area (Å²) in [5.41, 5.74) is 2.23. The number of aromatic nitrogens is 1. The van der Waals surface area contributed by atoms with Crippen LogP contribution in [0.15, 0.2) is 18.3 Å². The van der Waals surface area contributed by atoms with E-state index in [9.17, 15) is 5.11 Å². The fourth-order valence-electron chi connectivity index (χ4n) is 2.24. The normalized spacial score (nSPS) is 21.7. The molecule has 82 valence electrons. The largest absolute Gasteiger partial charge is 0.394 e. The molecule has 1 fully saturated rings. The molecular weight excluding hydrogens is 188 g/mol. The highest BCUT2D eigenvalue weighted by Gasteiger charge is 2.21. The summed E-state index contributed by atoms with van der Waals surface area (Å²) in [4.78, 5) is 6.50. The number of rotatable bonds is 2. The van der Waals surface area contributed by atoms with Gasteiger partial charge in [0.2, 0.25) is 0 Å². The number of hydrogen-bond donors (Lipinski definition) is 1. The van der Waals surface area contributed by atoms with E-state index in [4.69, 9.17) is 0 Å². The fourth-order valence-corrected chi connectivity index (χ4v) is 2.24. The van der Waals surface area contributed by atoms with Gasteiger partial charge in [-0.2, -0.15) is 0 Å². The van der Waals surface area contributed by atoms with Gasteiger partial charge in [-0.15, -0.1) is 0 Å². The molecule has 1 saturated heterocycles. The molecule has 3 nitrogen and oxygen atoms in total. The van der Waals surface area contributed by atoms with E-state index >= 15 is 0 Å². The molecule has 0 radical (unpaired) electrons. The van der Waals surface area contributed by atoms with E-state index in [0.717, 1.165) is 18.7 Å². The van der Waals surface area contributed by atoms with Crippen LogP contribution in [0.4, 0.5) is 5.69 Å². The van der Waals surface area contributed by atoms with Gasteiger partial charge in [0.25, 0.3) is 0 Å². The zero-order chi connectivity index (χ0) is 10.7. The molecule has 1 aliphatic rings. The lowest BCUT2D eigenvalue weighted by Crippen LogP contribution is -2.41. The third-order valence-corrected chi connectivity index (χ3v) is 3.05. The van der Waals surface area contributed by atoms with E-state index < -0.39 is 0 Å². The van der Waals surface area contributed by atoms with Crippen LogP contribution in [0.1, 0.15) is 25.0 Å². The lowest BCUT2D eigenvalue weighted by atomic mass is 10.0. The third-order valence-electron chi connectivity index (χ3n) is 3.05. The Balaban J connectivity index is 2.20. The van der Waals surface area contributed by atoms with Crippen LogP contribution in [0, 0.1) is 6.92 Å². The Kier molecular flexibility index (Phi) is 3.21. The lowest BCUT2D eigenvalue weighted by Gasteiger charge is -2.36. The van der Waals surface area contributed by atoms with Crippen molar-refractivity contribution in [3.05, 3.63) is 24.0 Å². The maximum absolute atomic E-state index is 9.33. The average molecular weight is 206 g/mol. The highest BCUT2D eigenvalue weighted by molar-refractivity contribution is 5.47. The van der Waals surface area contributed by atoms with Gasteiger partial charge in [-0.25, -0.2) is 0 Å². The van der Waals surface area contributed by atoms with Crippen molar-refractivity contribution < 1.29 is 5.11 Å². The first kappa shape index (κ1) is 10.4. The van der Waals surface area contributed by atoms with Gasteiger partial charge in [-0.1, -0.05) is 0 Å². The number of piperidine rings is 1. The van der Waals surface area contributed by atoms with E-state index in [-0.39, 0.29) is 6.61 Å². The zero-order valence-electron chi connectivity index (χ0n) is 9.19. The Labute approximate surface area is 90.8 Å². The second-order valence-corrected chi connectivity index (χ2v) is 4.18. The summed E-state index contributed by atoms with van der Waals surface area (Å²) < 4.78 is 0. The molecule has 2 rings (SSSR count). The van der Waals surface area contributed by atoms with Gasteiger partial charge >= 0.3 is 0 Å². The smallest absolute Gasteiger partial charge is 0.0635 e. The molecule has 1 aromatic rings. The summed E-state index contributed by atoms with van der Waals surface area (Å²) in [6.45, 7) is 3.30. The van der Waals surface area contributed by atoms with Gasteiger partial charge in [0.1, 0.15) is 0 Å². The van der Waals surface area contributed by atoms with Gasteiger partial charge in [-0.05, 0) is 38.3 Å². The van der Waals surface area contributed by atoms with Crippen LogP contribution in [-0.2, 0) is 0 Å². The SMILES string of the molecule is Cc1cc(N2CCCCC2CO)ccn1. The van der Waals surface area contributed by atoms with Gasteiger partial charge in [-0.3, -0.25) is 4.98 Å². The molecule has 1 unspecified atom stereocenters. The van der Waals surface area contributed by atoms with E-state index in [2.05, 4.69) is 16.0 Å².